The molecule has 0 aliphatic heterocycles. The van der Waals surface area contributed by atoms with Crippen LogP contribution in [0.25, 0.3) is 12.2 Å². The van der Waals surface area contributed by atoms with Gasteiger partial charge in [-0.25, -0.2) is 0 Å². The molecule has 0 aromatic heterocycles. The Hall–Kier alpha value is -4.26. The molecule has 0 spiro atoms. The summed E-state index contributed by atoms with van der Waals surface area (Å²) in [5.74, 6) is 1.61. The van der Waals surface area contributed by atoms with Crippen LogP contribution < -0.4 is 18.9 Å². The highest BCUT2D eigenvalue weighted by molar-refractivity contribution is 6.11. The highest BCUT2D eigenvalue weighted by atomic mass is 16.5. The predicted molar refractivity (Wildman–Crippen MR) is 146 cm³/mol. The minimum absolute atomic E-state index is 0.0675. The molecule has 195 valence electrons. The minimum atomic E-state index is -0.510. The van der Waals surface area contributed by atoms with E-state index in [0.717, 1.165) is 0 Å². The lowest BCUT2D eigenvalue weighted by Gasteiger charge is -2.07. The summed E-state index contributed by atoms with van der Waals surface area (Å²) in [7, 11) is 6.14. The summed E-state index contributed by atoms with van der Waals surface area (Å²) >= 11 is 0. The van der Waals surface area contributed by atoms with Crippen LogP contribution in [0.15, 0.2) is 72.0 Å². The molecule has 0 saturated heterocycles. The van der Waals surface area contributed by atoms with E-state index in [9.17, 15) is 14.7 Å². The van der Waals surface area contributed by atoms with Crippen LogP contribution in [-0.2, 0) is 9.59 Å². The molecular weight excluding hydrogens is 484 g/mol. The Morgan fingerprint density at radius 1 is 0.632 bits per heavy atom. The topological polar surface area (TPSA) is 91.3 Å². The standard InChI is InChI=1S/C31H29O7/c1-35-24-15-21(16-25(19-24)36-2)9-12-30(33)28(11-14-29(32)23-7-5-6-8-23)31(34)13-10-22-17-26(37-3)20-27(18-22)38-4/h5-20,33H,1-4H3/b12-9+,13-10+,14-11+,30-28-. The molecule has 7 heteroatoms. The van der Waals surface area contributed by atoms with Crippen molar-refractivity contribution >= 4 is 23.7 Å². The van der Waals surface area contributed by atoms with Crippen molar-refractivity contribution in [1.29, 1.82) is 0 Å². The number of carbonyl (C=O) groups is 2. The first-order chi connectivity index (χ1) is 18.4. The Morgan fingerprint density at radius 2 is 1.08 bits per heavy atom. The van der Waals surface area contributed by atoms with Crippen molar-refractivity contribution in [1.82, 2.24) is 0 Å². The van der Waals surface area contributed by atoms with Crippen molar-refractivity contribution in [2.24, 2.45) is 0 Å². The molecule has 0 heterocycles. The number of carbonyl (C=O) groups excluding carboxylic acids is 2. The van der Waals surface area contributed by atoms with Crippen LogP contribution >= 0.6 is 0 Å². The van der Waals surface area contributed by atoms with E-state index in [1.807, 2.05) is 0 Å². The Morgan fingerprint density at radius 3 is 1.53 bits per heavy atom. The van der Waals surface area contributed by atoms with Crippen molar-refractivity contribution in [3.63, 3.8) is 0 Å². The van der Waals surface area contributed by atoms with Crippen LogP contribution in [0.1, 0.15) is 11.1 Å². The molecule has 3 rings (SSSR count). The van der Waals surface area contributed by atoms with Crippen molar-refractivity contribution in [3.8, 4) is 23.0 Å². The molecule has 0 unspecified atom stereocenters. The van der Waals surface area contributed by atoms with Gasteiger partial charge in [-0.05, 0) is 85.4 Å². The highest BCUT2D eigenvalue weighted by Crippen LogP contribution is 2.26. The predicted octanol–water partition coefficient (Wildman–Crippen LogP) is 5.36. The third-order valence-corrected chi connectivity index (χ3v) is 5.50. The summed E-state index contributed by atoms with van der Waals surface area (Å²) in [5, 5.41) is 10.9. The van der Waals surface area contributed by atoms with Gasteiger partial charge in [0.05, 0.1) is 39.9 Å². The van der Waals surface area contributed by atoms with Gasteiger partial charge in [-0.15, -0.1) is 0 Å². The summed E-state index contributed by atoms with van der Waals surface area (Å²) in [6.07, 6.45) is 15.3. The van der Waals surface area contributed by atoms with E-state index in [1.165, 1.54) is 52.7 Å². The Balaban J connectivity index is 1.94. The van der Waals surface area contributed by atoms with Crippen molar-refractivity contribution in [2.75, 3.05) is 28.4 Å². The summed E-state index contributed by atoms with van der Waals surface area (Å²) in [4.78, 5) is 25.7. The zero-order valence-electron chi connectivity index (χ0n) is 21.6. The molecule has 5 radical (unpaired) electrons. The molecule has 1 aliphatic rings. The first-order valence-electron chi connectivity index (χ1n) is 11.6. The van der Waals surface area contributed by atoms with Gasteiger partial charge in [0.25, 0.3) is 0 Å². The summed E-state index contributed by atoms with van der Waals surface area (Å²) in [5.41, 5.74) is 1.27. The van der Waals surface area contributed by atoms with Crippen LogP contribution in [0.4, 0.5) is 0 Å². The molecule has 1 N–H and O–H groups in total. The first-order valence-corrected chi connectivity index (χ1v) is 11.6. The Kier molecular flexibility index (Phi) is 10.3. The fraction of sp³-hybridized carbons (Fsp3) is 0.129. The van der Waals surface area contributed by atoms with Crippen LogP contribution in [-0.4, -0.2) is 45.1 Å². The average Bonchev–Trinajstić information content (AvgIpc) is 3.49. The molecule has 1 aliphatic carbocycles. The maximum absolute atomic E-state index is 13.2. The molecule has 38 heavy (non-hydrogen) atoms. The van der Waals surface area contributed by atoms with Gasteiger partial charge >= 0.3 is 0 Å². The van der Waals surface area contributed by atoms with Gasteiger partial charge in [0.2, 0.25) is 0 Å². The monoisotopic (exact) mass is 513 g/mol. The lowest BCUT2D eigenvalue weighted by atomic mass is 10.00. The molecule has 1 saturated carbocycles. The second-order valence-electron chi connectivity index (χ2n) is 7.99. The van der Waals surface area contributed by atoms with E-state index in [-0.39, 0.29) is 17.1 Å². The number of allylic oxidation sites excluding steroid dienone is 5. The fourth-order valence-electron chi connectivity index (χ4n) is 3.47. The van der Waals surface area contributed by atoms with Gasteiger partial charge in [-0.3, -0.25) is 9.59 Å². The third-order valence-electron chi connectivity index (χ3n) is 5.50. The van der Waals surface area contributed by atoms with Crippen LogP contribution in [0.2, 0.25) is 0 Å². The number of ether oxygens (including phenoxy) is 4. The van der Waals surface area contributed by atoms with Crippen LogP contribution in [0.3, 0.4) is 0 Å². The maximum Gasteiger partial charge on any atom is 0.189 e. The molecule has 2 aromatic rings. The van der Waals surface area contributed by atoms with Crippen LogP contribution in [0.5, 0.6) is 23.0 Å². The zero-order chi connectivity index (χ0) is 27.5. The maximum atomic E-state index is 13.2. The quantitative estimate of drug-likeness (QED) is 0.232. The number of ketones is 2. The highest BCUT2D eigenvalue weighted by Gasteiger charge is 2.22. The number of benzene rings is 2. The largest absolute Gasteiger partial charge is 0.507 e. The van der Waals surface area contributed by atoms with Crippen molar-refractivity contribution < 1.29 is 33.6 Å². The van der Waals surface area contributed by atoms with E-state index in [4.69, 9.17) is 18.9 Å². The van der Waals surface area contributed by atoms with Gasteiger partial charge in [0, 0.05) is 12.1 Å². The average molecular weight is 514 g/mol. The van der Waals surface area contributed by atoms with E-state index in [0.29, 0.717) is 40.0 Å². The zero-order valence-corrected chi connectivity index (χ0v) is 21.6. The van der Waals surface area contributed by atoms with Crippen LogP contribution in [0, 0.1) is 31.6 Å². The van der Waals surface area contributed by atoms with E-state index in [2.05, 4.69) is 0 Å². The number of hydrogen-bond acceptors (Lipinski definition) is 7. The van der Waals surface area contributed by atoms with E-state index < -0.39 is 5.78 Å². The molecule has 7 nitrogen and oxygen atoms in total. The third kappa shape index (κ3) is 7.87. The van der Waals surface area contributed by atoms with Gasteiger partial charge in [-0.1, -0.05) is 12.2 Å². The van der Waals surface area contributed by atoms with Gasteiger partial charge in [0.1, 0.15) is 28.8 Å². The van der Waals surface area contributed by atoms with Gasteiger partial charge < -0.3 is 24.1 Å². The first kappa shape index (κ1) is 28.3. The summed E-state index contributed by atoms with van der Waals surface area (Å²) < 4.78 is 21.1. The molecule has 2 aromatic carbocycles. The van der Waals surface area contributed by atoms with E-state index >= 15 is 0 Å². The fourth-order valence-corrected chi connectivity index (χ4v) is 3.47. The minimum Gasteiger partial charge on any atom is -0.507 e. The van der Waals surface area contributed by atoms with Gasteiger partial charge in [0.15, 0.2) is 11.6 Å². The molecule has 0 bridgehead atoms. The molecular formula is C31H29O7. The lowest BCUT2D eigenvalue weighted by molar-refractivity contribution is -0.112. The summed E-state index contributed by atoms with van der Waals surface area (Å²) in [6.45, 7) is 0. The normalized spacial score (nSPS) is 14.7. The van der Waals surface area contributed by atoms with E-state index in [1.54, 1.807) is 74.2 Å². The number of methoxy groups -OCH3 is 4. The van der Waals surface area contributed by atoms with Gasteiger partial charge in [-0.2, -0.15) is 0 Å². The Bertz CT molecular complexity index is 1220. The molecule has 0 atom stereocenters. The number of hydrogen-bond donors (Lipinski definition) is 1. The Labute approximate surface area is 223 Å². The lowest BCUT2D eigenvalue weighted by Crippen LogP contribution is -2.07. The smallest absolute Gasteiger partial charge is 0.189 e. The number of aliphatic hydroxyl groups is 1. The second-order valence-corrected chi connectivity index (χ2v) is 7.99. The molecule has 0 amide bonds. The number of rotatable bonds is 12. The number of aliphatic hydroxyl groups excluding tert-OH is 1. The van der Waals surface area contributed by atoms with Crippen molar-refractivity contribution in [2.45, 2.75) is 0 Å². The van der Waals surface area contributed by atoms with Crippen molar-refractivity contribution in [3.05, 3.63) is 115 Å². The second kappa shape index (κ2) is 13.9. The summed E-state index contributed by atoms with van der Waals surface area (Å²) in [6, 6.07) is 10.4. The molecule has 1 fully saturated rings. The SMILES string of the molecule is COc1cc(/C=C/C(=O)C(/C=C/C(=O)[C]2[CH][CH][CH][CH]2)=C(O)/C=C/c2cc(OC)cc(OC)c2)cc(OC)c1.